The van der Waals surface area contributed by atoms with E-state index >= 15 is 0 Å². The van der Waals surface area contributed by atoms with E-state index < -0.39 is 21.9 Å². The van der Waals surface area contributed by atoms with Gasteiger partial charge in [0.05, 0.1) is 16.3 Å². The summed E-state index contributed by atoms with van der Waals surface area (Å²) in [6.07, 6.45) is -4.61. The number of rotatable bonds is 3. The highest BCUT2D eigenvalue weighted by Gasteiger charge is 2.35. The minimum absolute atomic E-state index is 0. The van der Waals surface area contributed by atoms with E-state index in [1.807, 2.05) is 6.92 Å². The Morgan fingerprint density at radius 2 is 1.56 bits per heavy atom. The Labute approximate surface area is 153 Å². The fourth-order valence-corrected chi connectivity index (χ4v) is 2.94. The second-order valence-corrected chi connectivity index (χ2v) is 7.29. The molecule has 0 radical (unpaired) electrons. The summed E-state index contributed by atoms with van der Waals surface area (Å²) >= 11 is 0. The molecule has 0 spiro atoms. The monoisotopic (exact) mass is 399 g/mol. The van der Waals surface area contributed by atoms with E-state index in [9.17, 15) is 21.6 Å². The largest absolute Gasteiger partial charge is 0.435 e. The fourth-order valence-electron chi connectivity index (χ4n) is 2.42. The van der Waals surface area contributed by atoms with E-state index in [4.69, 9.17) is 5.14 Å². The van der Waals surface area contributed by atoms with Crippen LogP contribution in [0, 0.1) is 6.92 Å². The highest BCUT2D eigenvalue weighted by Crippen LogP contribution is 2.33. The number of halogens is 3. The van der Waals surface area contributed by atoms with Crippen LogP contribution >= 0.6 is 0 Å². The van der Waals surface area contributed by atoms with Gasteiger partial charge >= 0.3 is 6.18 Å². The van der Waals surface area contributed by atoms with Crippen molar-refractivity contribution < 1.29 is 27.1 Å². The molecule has 0 amide bonds. The number of hydrogen-bond acceptors (Lipinski definition) is 3. The van der Waals surface area contributed by atoms with Crippen LogP contribution in [0.3, 0.4) is 0 Å². The molecule has 0 fully saturated rings. The van der Waals surface area contributed by atoms with Crippen LogP contribution in [-0.4, -0.2) is 23.7 Å². The molecule has 0 saturated heterocycles. The second kappa shape index (κ2) is 7.14. The normalized spacial score (nSPS) is 11.9. The van der Waals surface area contributed by atoms with Crippen LogP contribution in [0.15, 0.2) is 59.5 Å². The molecule has 27 heavy (non-hydrogen) atoms. The zero-order valence-corrected chi connectivity index (χ0v) is 14.8. The van der Waals surface area contributed by atoms with Crippen LogP contribution in [0.4, 0.5) is 13.2 Å². The number of alkyl halides is 3. The second-order valence-electron chi connectivity index (χ2n) is 5.73. The highest BCUT2D eigenvalue weighted by atomic mass is 32.2. The lowest BCUT2D eigenvalue weighted by atomic mass is 10.1. The van der Waals surface area contributed by atoms with E-state index in [2.05, 4.69) is 5.10 Å². The molecule has 6 nitrogen and oxygen atoms in total. The van der Waals surface area contributed by atoms with Gasteiger partial charge in [-0.2, -0.15) is 18.3 Å². The standard InChI is InChI=1S/C17H14F3N3O2S.H2O/c1-11-2-4-12(5-3-11)15-10-16(17(18,19)20)22-23(15)13-6-8-14(9-7-13)26(21,24)25;/h2-10H,1H3,(H2,21,24,25);1H2. The Morgan fingerprint density at radius 3 is 2.04 bits per heavy atom. The first-order valence-corrected chi connectivity index (χ1v) is 8.98. The van der Waals surface area contributed by atoms with Crippen molar-refractivity contribution in [3.63, 3.8) is 0 Å². The average Bonchev–Trinajstić information content (AvgIpc) is 3.00. The molecule has 3 aromatic rings. The number of nitrogens with zero attached hydrogens (tertiary/aromatic N) is 2. The third-order valence-electron chi connectivity index (χ3n) is 3.76. The van der Waals surface area contributed by atoms with Crippen LogP contribution in [0.2, 0.25) is 0 Å². The number of hydrogen-bond donors (Lipinski definition) is 1. The molecule has 0 bridgehead atoms. The number of primary sulfonamides is 1. The van der Waals surface area contributed by atoms with Gasteiger partial charge in [-0.15, -0.1) is 0 Å². The maximum Gasteiger partial charge on any atom is 0.435 e. The van der Waals surface area contributed by atoms with Gasteiger partial charge in [-0.25, -0.2) is 18.2 Å². The van der Waals surface area contributed by atoms with E-state index in [-0.39, 0.29) is 21.8 Å². The molecule has 144 valence electrons. The molecule has 0 aliphatic rings. The summed E-state index contributed by atoms with van der Waals surface area (Å²) < 4.78 is 63.2. The Balaban J connectivity index is 0.00000261. The average molecular weight is 399 g/mol. The third kappa shape index (κ3) is 4.35. The molecular formula is C17H16F3N3O3S. The molecule has 3 rings (SSSR count). The zero-order valence-electron chi connectivity index (χ0n) is 14.0. The van der Waals surface area contributed by atoms with Gasteiger partial charge < -0.3 is 5.48 Å². The van der Waals surface area contributed by atoms with Crippen molar-refractivity contribution in [2.45, 2.75) is 18.0 Å². The fraction of sp³-hybridized carbons (Fsp3) is 0.118. The first kappa shape index (κ1) is 20.6. The summed E-state index contributed by atoms with van der Waals surface area (Å²) in [4.78, 5) is -0.138. The summed E-state index contributed by atoms with van der Waals surface area (Å²) in [6.45, 7) is 1.87. The summed E-state index contributed by atoms with van der Waals surface area (Å²) in [7, 11) is -3.90. The number of aromatic nitrogens is 2. The lowest BCUT2D eigenvalue weighted by molar-refractivity contribution is -0.141. The van der Waals surface area contributed by atoms with Gasteiger partial charge in [0, 0.05) is 5.56 Å². The minimum atomic E-state index is -4.61. The summed E-state index contributed by atoms with van der Waals surface area (Å²) in [5.74, 6) is 0. The number of nitrogens with two attached hydrogens (primary N) is 1. The molecule has 0 aliphatic heterocycles. The van der Waals surface area contributed by atoms with Gasteiger partial charge in [-0.1, -0.05) is 29.8 Å². The smallest absolute Gasteiger partial charge is 0.412 e. The molecule has 1 heterocycles. The van der Waals surface area contributed by atoms with Crippen molar-refractivity contribution >= 4 is 10.0 Å². The Bertz CT molecular complexity index is 1040. The van der Waals surface area contributed by atoms with E-state index in [0.29, 0.717) is 5.56 Å². The van der Waals surface area contributed by atoms with Crippen LogP contribution in [-0.2, 0) is 16.2 Å². The predicted octanol–water partition coefficient (Wildman–Crippen LogP) is 2.69. The van der Waals surface area contributed by atoms with Crippen molar-refractivity contribution in [1.29, 1.82) is 0 Å². The molecule has 0 aliphatic carbocycles. The van der Waals surface area contributed by atoms with E-state index in [1.54, 1.807) is 24.3 Å². The van der Waals surface area contributed by atoms with Gasteiger partial charge in [-0.3, -0.25) is 0 Å². The summed E-state index contributed by atoms with van der Waals surface area (Å²) in [6, 6.07) is 13.1. The summed E-state index contributed by atoms with van der Waals surface area (Å²) in [5.41, 5.74) is 0.996. The first-order valence-electron chi connectivity index (χ1n) is 7.43. The van der Waals surface area contributed by atoms with Gasteiger partial charge in [0.15, 0.2) is 5.69 Å². The lowest BCUT2D eigenvalue weighted by Gasteiger charge is -2.09. The number of aryl methyl sites for hydroxylation is 1. The maximum atomic E-state index is 13.1. The van der Waals surface area contributed by atoms with Crippen molar-refractivity contribution in [2.75, 3.05) is 0 Å². The predicted molar refractivity (Wildman–Crippen MR) is 93.7 cm³/mol. The van der Waals surface area contributed by atoms with Crippen LogP contribution in [0.1, 0.15) is 11.3 Å². The van der Waals surface area contributed by atoms with Crippen molar-refractivity contribution in [2.24, 2.45) is 5.14 Å². The molecule has 10 heteroatoms. The van der Waals surface area contributed by atoms with Gasteiger partial charge in [0.1, 0.15) is 0 Å². The van der Waals surface area contributed by atoms with Gasteiger partial charge in [0.25, 0.3) is 0 Å². The SMILES string of the molecule is Cc1ccc(-c2cc(C(F)(F)F)nn2-c2ccc(S(N)(=O)=O)cc2)cc1.O. The van der Waals surface area contributed by atoms with Crippen molar-refractivity contribution in [3.05, 3.63) is 65.9 Å². The molecule has 1 aromatic heterocycles. The molecular weight excluding hydrogens is 383 g/mol. The van der Waals surface area contributed by atoms with Crippen molar-refractivity contribution in [1.82, 2.24) is 9.78 Å². The minimum Gasteiger partial charge on any atom is -0.412 e. The molecule has 0 atom stereocenters. The maximum absolute atomic E-state index is 13.1. The quantitative estimate of drug-likeness (QED) is 0.731. The lowest BCUT2D eigenvalue weighted by Crippen LogP contribution is -2.12. The number of benzene rings is 2. The Morgan fingerprint density at radius 1 is 1.00 bits per heavy atom. The number of sulfonamides is 1. The Hall–Kier alpha value is -2.69. The van der Waals surface area contributed by atoms with Crippen LogP contribution in [0.5, 0.6) is 0 Å². The molecule has 0 unspecified atom stereocenters. The van der Waals surface area contributed by atoms with Gasteiger partial charge in [0.2, 0.25) is 10.0 Å². The van der Waals surface area contributed by atoms with Gasteiger partial charge in [-0.05, 0) is 37.3 Å². The van der Waals surface area contributed by atoms with Crippen LogP contribution < -0.4 is 5.14 Å². The first-order chi connectivity index (χ1) is 12.1. The van der Waals surface area contributed by atoms with Crippen LogP contribution in [0.25, 0.3) is 16.9 Å². The topological polar surface area (TPSA) is 109 Å². The molecule has 2 aromatic carbocycles. The zero-order chi connectivity index (χ0) is 19.1. The molecule has 4 N–H and O–H groups in total. The molecule has 0 saturated carbocycles. The Kier molecular flexibility index (Phi) is 5.45. The van der Waals surface area contributed by atoms with Crippen molar-refractivity contribution in [3.8, 4) is 16.9 Å². The summed E-state index contributed by atoms with van der Waals surface area (Å²) in [5, 5.41) is 8.70. The van der Waals surface area contributed by atoms with E-state index in [0.717, 1.165) is 16.3 Å². The highest BCUT2D eigenvalue weighted by molar-refractivity contribution is 7.89. The third-order valence-corrected chi connectivity index (χ3v) is 4.69. The van der Waals surface area contributed by atoms with E-state index in [1.165, 1.54) is 24.3 Å².